The minimum atomic E-state index is 0.311. The standard InChI is InChI=1S/C15H26ClN3/c1-4-5-12-6-7-14(16)13(8-12)9-15-17-10-18-19(15)11(2)3/h10-14H,4-9H2,1-3H3. The van der Waals surface area contributed by atoms with Crippen molar-refractivity contribution in [1.29, 1.82) is 0 Å². The lowest BCUT2D eigenvalue weighted by Gasteiger charge is -2.33. The van der Waals surface area contributed by atoms with Gasteiger partial charge in [-0.25, -0.2) is 9.67 Å². The maximum absolute atomic E-state index is 6.54. The van der Waals surface area contributed by atoms with Crippen molar-refractivity contribution in [2.75, 3.05) is 0 Å². The van der Waals surface area contributed by atoms with Gasteiger partial charge >= 0.3 is 0 Å². The van der Waals surface area contributed by atoms with Crippen molar-refractivity contribution in [2.24, 2.45) is 11.8 Å². The van der Waals surface area contributed by atoms with Crippen LogP contribution in [0.15, 0.2) is 6.33 Å². The van der Waals surface area contributed by atoms with Crippen molar-refractivity contribution in [3.8, 4) is 0 Å². The second-order valence-corrected chi connectivity index (χ2v) is 6.72. The Balaban J connectivity index is 2.01. The number of rotatable bonds is 5. The summed E-state index contributed by atoms with van der Waals surface area (Å²) in [6, 6.07) is 0.376. The zero-order valence-electron chi connectivity index (χ0n) is 12.3. The molecule has 2 rings (SSSR count). The predicted octanol–water partition coefficient (Wildman–Crippen LogP) is 4.23. The summed E-state index contributed by atoms with van der Waals surface area (Å²) in [6.45, 7) is 6.57. The molecule has 0 bridgehead atoms. The third-order valence-electron chi connectivity index (χ3n) is 4.28. The second kappa shape index (κ2) is 6.74. The molecule has 3 atom stereocenters. The van der Waals surface area contributed by atoms with Crippen molar-refractivity contribution < 1.29 is 0 Å². The van der Waals surface area contributed by atoms with Gasteiger partial charge in [0, 0.05) is 17.8 Å². The summed E-state index contributed by atoms with van der Waals surface area (Å²) < 4.78 is 2.03. The maximum atomic E-state index is 6.54. The summed E-state index contributed by atoms with van der Waals surface area (Å²) in [6.07, 6.45) is 9.00. The van der Waals surface area contributed by atoms with E-state index in [0.29, 0.717) is 17.3 Å². The molecule has 108 valence electrons. The molecule has 0 radical (unpaired) electrons. The highest BCUT2D eigenvalue weighted by atomic mass is 35.5. The van der Waals surface area contributed by atoms with E-state index in [4.69, 9.17) is 11.6 Å². The highest BCUT2D eigenvalue weighted by Crippen LogP contribution is 2.36. The molecule has 0 N–H and O–H groups in total. The molecule has 1 aliphatic rings. The molecule has 0 saturated heterocycles. The van der Waals surface area contributed by atoms with Crippen LogP contribution in [-0.4, -0.2) is 20.1 Å². The molecule has 1 aliphatic carbocycles. The van der Waals surface area contributed by atoms with Crippen LogP contribution in [0.4, 0.5) is 0 Å². The molecular weight excluding hydrogens is 258 g/mol. The first-order valence-electron chi connectivity index (χ1n) is 7.64. The zero-order valence-corrected chi connectivity index (χ0v) is 13.1. The Bertz CT molecular complexity index is 388. The SMILES string of the molecule is CCCC1CCC(Cl)C(Cc2ncnn2C(C)C)C1. The largest absolute Gasteiger partial charge is 0.248 e. The van der Waals surface area contributed by atoms with Gasteiger partial charge in [-0.05, 0) is 44.9 Å². The van der Waals surface area contributed by atoms with E-state index in [0.717, 1.165) is 24.6 Å². The van der Waals surface area contributed by atoms with E-state index in [1.165, 1.54) is 25.7 Å². The monoisotopic (exact) mass is 283 g/mol. The van der Waals surface area contributed by atoms with E-state index in [1.807, 2.05) is 4.68 Å². The van der Waals surface area contributed by atoms with Crippen LogP contribution in [0, 0.1) is 11.8 Å². The average molecular weight is 284 g/mol. The normalized spacial score (nSPS) is 27.9. The van der Waals surface area contributed by atoms with E-state index in [2.05, 4.69) is 30.9 Å². The highest BCUT2D eigenvalue weighted by molar-refractivity contribution is 6.20. The van der Waals surface area contributed by atoms with Crippen LogP contribution < -0.4 is 0 Å². The molecule has 0 aromatic carbocycles. The van der Waals surface area contributed by atoms with Gasteiger partial charge in [0.2, 0.25) is 0 Å². The van der Waals surface area contributed by atoms with Gasteiger partial charge in [-0.3, -0.25) is 0 Å². The predicted molar refractivity (Wildman–Crippen MR) is 79.5 cm³/mol. The van der Waals surface area contributed by atoms with Crippen molar-refractivity contribution in [3.63, 3.8) is 0 Å². The number of halogens is 1. The summed E-state index contributed by atoms with van der Waals surface area (Å²) in [5, 5.41) is 4.63. The van der Waals surface area contributed by atoms with E-state index >= 15 is 0 Å². The third-order valence-corrected chi connectivity index (χ3v) is 4.85. The first-order valence-corrected chi connectivity index (χ1v) is 8.07. The van der Waals surface area contributed by atoms with E-state index in [-0.39, 0.29) is 0 Å². The summed E-state index contributed by atoms with van der Waals surface area (Å²) in [5.41, 5.74) is 0. The third kappa shape index (κ3) is 3.71. The number of aromatic nitrogens is 3. The second-order valence-electron chi connectivity index (χ2n) is 6.16. The van der Waals surface area contributed by atoms with Gasteiger partial charge in [0.05, 0.1) is 0 Å². The Labute approximate surface area is 121 Å². The zero-order chi connectivity index (χ0) is 13.8. The fraction of sp³-hybridized carbons (Fsp3) is 0.867. The van der Waals surface area contributed by atoms with Crippen LogP contribution in [0.3, 0.4) is 0 Å². The van der Waals surface area contributed by atoms with Crippen LogP contribution >= 0.6 is 11.6 Å². The first kappa shape index (κ1) is 14.8. The Morgan fingerprint density at radius 2 is 2.21 bits per heavy atom. The number of alkyl halides is 1. The van der Waals surface area contributed by atoms with Crippen LogP contribution in [0.5, 0.6) is 0 Å². The van der Waals surface area contributed by atoms with Crippen LogP contribution in [0.2, 0.25) is 0 Å². The van der Waals surface area contributed by atoms with Gasteiger partial charge in [0.15, 0.2) is 0 Å². The summed E-state index contributed by atoms with van der Waals surface area (Å²) in [4.78, 5) is 4.43. The van der Waals surface area contributed by atoms with Gasteiger partial charge in [-0.15, -0.1) is 11.6 Å². The molecule has 19 heavy (non-hydrogen) atoms. The molecule has 1 heterocycles. The smallest absolute Gasteiger partial charge is 0.138 e. The molecule has 3 unspecified atom stereocenters. The maximum Gasteiger partial charge on any atom is 0.138 e. The summed E-state index contributed by atoms with van der Waals surface area (Å²) in [7, 11) is 0. The van der Waals surface area contributed by atoms with E-state index < -0.39 is 0 Å². The molecule has 1 fully saturated rings. The van der Waals surface area contributed by atoms with Crippen molar-refractivity contribution in [2.45, 2.75) is 70.7 Å². The molecule has 1 saturated carbocycles. The average Bonchev–Trinajstić information content (AvgIpc) is 2.82. The minimum Gasteiger partial charge on any atom is -0.248 e. The minimum absolute atomic E-state index is 0.311. The highest BCUT2D eigenvalue weighted by Gasteiger charge is 2.30. The summed E-state index contributed by atoms with van der Waals surface area (Å²) >= 11 is 6.54. The number of nitrogens with zero attached hydrogens (tertiary/aromatic N) is 3. The fourth-order valence-corrected chi connectivity index (χ4v) is 3.61. The lowest BCUT2D eigenvalue weighted by Crippen LogP contribution is -2.28. The Morgan fingerprint density at radius 1 is 1.42 bits per heavy atom. The number of hydrogen-bond acceptors (Lipinski definition) is 2. The Morgan fingerprint density at radius 3 is 2.89 bits per heavy atom. The van der Waals surface area contributed by atoms with Crippen LogP contribution in [0.25, 0.3) is 0 Å². The van der Waals surface area contributed by atoms with Gasteiger partial charge in [0.25, 0.3) is 0 Å². The van der Waals surface area contributed by atoms with Gasteiger partial charge in [-0.1, -0.05) is 19.8 Å². The van der Waals surface area contributed by atoms with Crippen LogP contribution in [0.1, 0.15) is 64.7 Å². The molecular formula is C15H26ClN3. The molecule has 1 aromatic rings. The van der Waals surface area contributed by atoms with E-state index in [9.17, 15) is 0 Å². The number of hydrogen-bond donors (Lipinski definition) is 0. The van der Waals surface area contributed by atoms with E-state index in [1.54, 1.807) is 6.33 Å². The molecule has 0 spiro atoms. The quantitative estimate of drug-likeness (QED) is 0.757. The lowest BCUT2D eigenvalue weighted by molar-refractivity contribution is 0.252. The lowest BCUT2D eigenvalue weighted by atomic mass is 9.77. The van der Waals surface area contributed by atoms with Crippen molar-refractivity contribution in [1.82, 2.24) is 14.8 Å². The topological polar surface area (TPSA) is 30.7 Å². The van der Waals surface area contributed by atoms with Gasteiger partial charge in [0.1, 0.15) is 12.2 Å². The molecule has 0 amide bonds. The Hall–Kier alpha value is -0.570. The molecule has 4 heteroatoms. The Kier molecular flexibility index (Phi) is 5.26. The first-order chi connectivity index (χ1) is 9.11. The van der Waals surface area contributed by atoms with Gasteiger partial charge in [-0.2, -0.15) is 5.10 Å². The molecule has 1 aromatic heterocycles. The summed E-state index contributed by atoms with van der Waals surface area (Å²) in [5.74, 6) is 2.52. The molecule has 0 aliphatic heterocycles. The van der Waals surface area contributed by atoms with Gasteiger partial charge < -0.3 is 0 Å². The van der Waals surface area contributed by atoms with Crippen molar-refractivity contribution in [3.05, 3.63) is 12.2 Å². The molecule has 3 nitrogen and oxygen atoms in total. The fourth-order valence-electron chi connectivity index (χ4n) is 3.29. The van der Waals surface area contributed by atoms with Crippen LogP contribution in [-0.2, 0) is 6.42 Å². The van der Waals surface area contributed by atoms with Crippen molar-refractivity contribution >= 4 is 11.6 Å².